The first kappa shape index (κ1) is 17.6. The zero-order valence-corrected chi connectivity index (χ0v) is 14.3. The molecule has 2 aliphatic heterocycles. The number of guanidine groups is 1. The number of nitrogens with one attached hydrogen (secondary N) is 2. The number of ether oxygens (including phenoxy) is 3. The second-order valence-corrected chi connectivity index (χ2v) is 6.22. The molecule has 7 nitrogen and oxygen atoms in total. The Morgan fingerprint density at radius 2 is 2.28 bits per heavy atom. The number of methoxy groups -OCH3 is 1. The Balaban J connectivity index is 2.00. The summed E-state index contributed by atoms with van der Waals surface area (Å²) in [7, 11) is 3.11. The van der Waals surface area contributed by atoms with E-state index in [9.17, 15) is 9.18 Å². The van der Waals surface area contributed by atoms with Gasteiger partial charge in [-0.05, 0) is 24.6 Å². The van der Waals surface area contributed by atoms with Crippen LogP contribution in [-0.2, 0) is 19.8 Å². The van der Waals surface area contributed by atoms with Gasteiger partial charge < -0.3 is 19.5 Å². The molecule has 0 spiro atoms. The number of fused-ring (bicyclic) bond motifs is 1. The van der Waals surface area contributed by atoms with E-state index in [1.54, 1.807) is 13.2 Å². The average molecular weight is 351 g/mol. The van der Waals surface area contributed by atoms with Crippen LogP contribution in [0.5, 0.6) is 5.75 Å². The summed E-state index contributed by atoms with van der Waals surface area (Å²) in [5.41, 5.74) is -0.831. The fourth-order valence-electron chi connectivity index (χ4n) is 3.39. The van der Waals surface area contributed by atoms with Gasteiger partial charge in [-0.1, -0.05) is 0 Å². The van der Waals surface area contributed by atoms with Crippen molar-refractivity contribution in [3.8, 4) is 5.75 Å². The number of hydrogen-bond donors (Lipinski definition) is 2. The first-order chi connectivity index (χ1) is 12.0. The molecule has 1 amide bonds. The van der Waals surface area contributed by atoms with Crippen molar-refractivity contribution < 1.29 is 23.4 Å². The van der Waals surface area contributed by atoms with Gasteiger partial charge >= 0.3 is 0 Å². The molecule has 8 heteroatoms. The van der Waals surface area contributed by atoms with E-state index in [2.05, 4.69) is 5.32 Å². The zero-order valence-electron chi connectivity index (χ0n) is 14.3. The lowest BCUT2D eigenvalue weighted by Gasteiger charge is -2.49. The lowest BCUT2D eigenvalue weighted by atomic mass is 9.73. The van der Waals surface area contributed by atoms with Crippen LogP contribution in [-0.4, -0.2) is 57.4 Å². The summed E-state index contributed by atoms with van der Waals surface area (Å²) in [6.45, 7) is 1.28. The molecule has 2 saturated heterocycles. The third-order valence-electron chi connectivity index (χ3n) is 4.76. The number of carbonyl (C=O) groups is 1. The third-order valence-corrected chi connectivity index (χ3v) is 4.76. The summed E-state index contributed by atoms with van der Waals surface area (Å²) in [5, 5.41) is 11.1. The zero-order chi connectivity index (χ0) is 18.0. The maximum absolute atomic E-state index is 14.7. The van der Waals surface area contributed by atoms with Gasteiger partial charge in [0.25, 0.3) is 0 Å². The van der Waals surface area contributed by atoms with Crippen LogP contribution in [0, 0.1) is 17.1 Å². The molecular weight excluding hydrogens is 329 g/mol. The Bertz CT molecular complexity index is 684. The van der Waals surface area contributed by atoms with Crippen LogP contribution in [0.25, 0.3) is 0 Å². The van der Waals surface area contributed by atoms with Gasteiger partial charge in [0.15, 0.2) is 5.96 Å². The molecule has 2 N–H and O–H groups in total. The maximum atomic E-state index is 14.7. The first-order valence-electron chi connectivity index (χ1n) is 8.13. The molecule has 1 aromatic carbocycles. The van der Waals surface area contributed by atoms with Crippen molar-refractivity contribution in [2.75, 3.05) is 40.6 Å². The minimum absolute atomic E-state index is 0.0724. The van der Waals surface area contributed by atoms with E-state index < -0.39 is 17.3 Å². The van der Waals surface area contributed by atoms with E-state index in [1.807, 2.05) is 0 Å². The van der Waals surface area contributed by atoms with Crippen molar-refractivity contribution in [1.29, 1.82) is 5.41 Å². The Kier molecular flexibility index (Phi) is 4.91. The molecule has 2 unspecified atom stereocenters. The lowest BCUT2D eigenvalue weighted by Crippen LogP contribution is -2.68. The predicted molar refractivity (Wildman–Crippen MR) is 88.0 cm³/mol. The van der Waals surface area contributed by atoms with Crippen molar-refractivity contribution in [2.45, 2.75) is 12.0 Å². The summed E-state index contributed by atoms with van der Waals surface area (Å²) in [6.07, 6.45) is 0.456. The molecule has 0 aliphatic carbocycles. The van der Waals surface area contributed by atoms with Crippen molar-refractivity contribution in [1.82, 2.24) is 10.2 Å². The minimum atomic E-state index is -1.11. The normalized spacial score (nSPS) is 26.2. The fraction of sp³-hybridized carbons (Fsp3) is 0.529. The number of carbonyl (C=O) groups excluding carboxylic acids is 1. The van der Waals surface area contributed by atoms with Crippen molar-refractivity contribution in [3.63, 3.8) is 0 Å². The SMILES string of the molecule is COCCOc1ccc(F)c(C23COCCC2C(=O)N(C)C(=N)N3)c1. The maximum Gasteiger partial charge on any atom is 0.235 e. The number of benzene rings is 1. The van der Waals surface area contributed by atoms with Crippen LogP contribution >= 0.6 is 0 Å². The molecule has 2 fully saturated rings. The smallest absolute Gasteiger partial charge is 0.235 e. The highest BCUT2D eigenvalue weighted by Crippen LogP contribution is 2.41. The van der Waals surface area contributed by atoms with Gasteiger partial charge in [-0.2, -0.15) is 0 Å². The Morgan fingerprint density at radius 1 is 1.48 bits per heavy atom. The van der Waals surface area contributed by atoms with Crippen LogP contribution in [0.15, 0.2) is 18.2 Å². The summed E-state index contributed by atoms with van der Waals surface area (Å²) in [4.78, 5) is 13.9. The van der Waals surface area contributed by atoms with Crippen LogP contribution in [0.2, 0.25) is 0 Å². The third kappa shape index (κ3) is 3.07. The van der Waals surface area contributed by atoms with Crippen molar-refractivity contribution in [2.24, 2.45) is 5.92 Å². The van der Waals surface area contributed by atoms with Crippen LogP contribution in [0.3, 0.4) is 0 Å². The molecule has 0 saturated carbocycles. The fourth-order valence-corrected chi connectivity index (χ4v) is 3.39. The molecule has 25 heavy (non-hydrogen) atoms. The Labute approximate surface area is 145 Å². The van der Waals surface area contributed by atoms with Gasteiger partial charge in [0.2, 0.25) is 5.91 Å². The van der Waals surface area contributed by atoms with Crippen molar-refractivity contribution >= 4 is 11.9 Å². The van der Waals surface area contributed by atoms with Crippen molar-refractivity contribution in [3.05, 3.63) is 29.6 Å². The lowest BCUT2D eigenvalue weighted by molar-refractivity contribution is -0.143. The largest absolute Gasteiger partial charge is 0.491 e. The highest BCUT2D eigenvalue weighted by molar-refractivity contribution is 6.00. The second-order valence-electron chi connectivity index (χ2n) is 6.22. The number of hydrogen-bond acceptors (Lipinski definition) is 5. The Hall–Kier alpha value is -2.19. The molecule has 0 radical (unpaired) electrons. The van der Waals surface area contributed by atoms with Crippen LogP contribution < -0.4 is 10.1 Å². The average Bonchev–Trinajstić information content (AvgIpc) is 2.61. The number of rotatable bonds is 5. The topological polar surface area (TPSA) is 83.9 Å². The van der Waals surface area contributed by atoms with Gasteiger partial charge in [0, 0.05) is 26.3 Å². The van der Waals surface area contributed by atoms with Crippen LogP contribution in [0.4, 0.5) is 4.39 Å². The van der Waals surface area contributed by atoms with Gasteiger partial charge in [-0.25, -0.2) is 4.39 Å². The second kappa shape index (κ2) is 6.97. The quantitative estimate of drug-likeness (QED) is 0.776. The van der Waals surface area contributed by atoms with E-state index in [-0.39, 0.29) is 24.0 Å². The van der Waals surface area contributed by atoms with Crippen LogP contribution in [0.1, 0.15) is 12.0 Å². The summed E-state index contributed by atoms with van der Waals surface area (Å²) in [6, 6.07) is 4.42. The standard InChI is InChI=1S/C17H22FN3O4/c1-21-15(22)12-5-6-24-10-17(12,20-16(21)19)13-9-11(3-4-14(13)18)25-8-7-23-2/h3-4,9,12H,5-8,10H2,1-2H3,(H2,19,20). The molecule has 0 bridgehead atoms. The summed E-state index contributed by atoms with van der Waals surface area (Å²) in [5.74, 6) is -0.780. The summed E-state index contributed by atoms with van der Waals surface area (Å²) >= 11 is 0. The number of nitrogens with zero attached hydrogens (tertiary/aromatic N) is 1. The molecule has 2 aliphatic rings. The summed E-state index contributed by atoms with van der Waals surface area (Å²) < 4.78 is 30.8. The van der Waals surface area contributed by atoms with E-state index in [1.165, 1.54) is 24.1 Å². The molecular formula is C17H22FN3O4. The molecule has 2 atom stereocenters. The molecule has 1 aromatic rings. The highest BCUT2D eigenvalue weighted by atomic mass is 19.1. The predicted octanol–water partition coefficient (Wildman–Crippen LogP) is 1.08. The molecule has 2 heterocycles. The monoisotopic (exact) mass is 351 g/mol. The minimum Gasteiger partial charge on any atom is -0.491 e. The molecule has 3 rings (SSSR count). The van der Waals surface area contributed by atoms with E-state index in [4.69, 9.17) is 19.6 Å². The molecule has 136 valence electrons. The van der Waals surface area contributed by atoms with Gasteiger partial charge in [0.1, 0.15) is 23.7 Å². The number of amides is 1. The highest BCUT2D eigenvalue weighted by Gasteiger charge is 2.53. The van der Waals surface area contributed by atoms with E-state index in [0.717, 1.165) is 0 Å². The van der Waals surface area contributed by atoms with Gasteiger partial charge in [0.05, 0.1) is 19.1 Å². The van der Waals surface area contributed by atoms with E-state index >= 15 is 0 Å². The first-order valence-corrected chi connectivity index (χ1v) is 8.13. The number of halogens is 1. The van der Waals surface area contributed by atoms with E-state index in [0.29, 0.717) is 32.0 Å². The van der Waals surface area contributed by atoms with Gasteiger partial charge in [-0.3, -0.25) is 15.1 Å². The Morgan fingerprint density at radius 3 is 3.04 bits per heavy atom. The van der Waals surface area contributed by atoms with Gasteiger partial charge in [-0.15, -0.1) is 0 Å². The molecule has 0 aromatic heterocycles.